The van der Waals surface area contributed by atoms with Gasteiger partial charge in [-0.25, -0.2) is 9.18 Å². The number of benzene rings is 2. The molecule has 0 heterocycles. The van der Waals surface area contributed by atoms with Gasteiger partial charge in [0.15, 0.2) is 0 Å². The first-order valence-corrected chi connectivity index (χ1v) is 5.34. The molecule has 0 fully saturated rings. The van der Waals surface area contributed by atoms with Crippen molar-refractivity contribution in [2.45, 2.75) is 6.61 Å². The summed E-state index contributed by atoms with van der Waals surface area (Å²) in [5, 5.41) is 17.9. The Balaban J connectivity index is 2.52. The van der Waals surface area contributed by atoms with Crippen LogP contribution in [0.25, 0.3) is 11.1 Å². The van der Waals surface area contributed by atoms with E-state index in [1.54, 1.807) is 24.3 Å². The maximum Gasteiger partial charge on any atom is 0.335 e. The number of carbonyl (C=O) groups is 1. The number of halogens is 1. The maximum absolute atomic E-state index is 13.3. The monoisotopic (exact) mass is 246 g/mol. The van der Waals surface area contributed by atoms with Crippen LogP contribution < -0.4 is 0 Å². The van der Waals surface area contributed by atoms with E-state index < -0.39 is 11.8 Å². The summed E-state index contributed by atoms with van der Waals surface area (Å²) in [6.07, 6.45) is 0. The lowest BCUT2D eigenvalue weighted by Crippen LogP contribution is -1.97. The molecule has 0 spiro atoms. The van der Waals surface area contributed by atoms with Gasteiger partial charge in [0.2, 0.25) is 0 Å². The fourth-order valence-electron chi connectivity index (χ4n) is 1.73. The minimum Gasteiger partial charge on any atom is -0.478 e. The zero-order valence-electron chi connectivity index (χ0n) is 9.43. The van der Waals surface area contributed by atoms with Crippen LogP contribution in [0.15, 0.2) is 42.5 Å². The van der Waals surface area contributed by atoms with Crippen LogP contribution in [0.4, 0.5) is 4.39 Å². The molecule has 0 aliphatic heterocycles. The van der Waals surface area contributed by atoms with Gasteiger partial charge in [-0.15, -0.1) is 0 Å². The lowest BCUT2D eigenvalue weighted by molar-refractivity contribution is 0.0696. The van der Waals surface area contributed by atoms with Gasteiger partial charge in [0.25, 0.3) is 0 Å². The molecule has 18 heavy (non-hydrogen) atoms. The molecule has 92 valence electrons. The van der Waals surface area contributed by atoms with Gasteiger partial charge >= 0.3 is 5.97 Å². The second-order valence-electron chi connectivity index (χ2n) is 3.89. The first kappa shape index (κ1) is 12.3. The van der Waals surface area contributed by atoms with Crippen molar-refractivity contribution in [1.29, 1.82) is 0 Å². The number of aliphatic hydroxyl groups excluding tert-OH is 1. The van der Waals surface area contributed by atoms with Crippen molar-refractivity contribution < 1.29 is 19.4 Å². The molecule has 0 amide bonds. The van der Waals surface area contributed by atoms with E-state index in [9.17, 15) is 9.18 Å². The summed E-state index contributed by atoms with van der Waals surface area (Å²) < 4.78 is 13.3. The number of carboxylic acid groups (broad SMARTS) is 1. The van der Waals surface area contributed by atoms with Crippen molar-refractivity contribution in [1.82, 2.24) is 0 Å². The average Bonchev–Trinajstić information content (AvgIpc) is 2.38. The highest BCUT2D eigenvalue weighted by Crippen LogP contribution is 2.23. The molecule has 0 aliphatic rings. The first-order valence-electron chi connectivity index (χ1n) is 5.34. The summed E-state index contributed by atoms with van der Waals surface area (Å²) in [5.41, 5.74) is 1.74. The summed E-state index contributed by atoms with van der Waals surface area (Å²) in [5.74, 6) is -1.77. The molecule has 0 radical (unpaired) electrons. The summed E-state index contributed by atoms with van der Waals surface area (Å²) in [7, 11) is 0. The van der Waals surface area contributed by atoms with Crippen LogP contribution in [0.2, 0.25) is 0 Å². The van der Waals surface area contributed by atoms with Crippen LogP contribution >= 0.6 is 0 Å². The summed E-state index contributed by atoms with van der Waals surface area (Å²) in [4.78, 5) is 10.9. The number of aromatic carboxylic acids is 1. The molecule has 2 aromatic rings. The Bertz CT molecular complexity index is 593. The minimum atomic E-state index is -1.17. The van der Waals surface area contributed by atoms with Crippen molar-refractivity contribution in [3.63, 3.8) is 0 Å². The summed E-state index contributed by atoms with van der Waals surface area (Å²) in [6, 6.07) is 10.5. The van der Waals surface area contributed by atoms with Crippen molar-refractivity contribution in [2.75, 3.05) is 0 Å². The molecular formula is C14H11FO3. The molecule has 0 aromatic heterocycles. The van der Waals surface area contributed by atoms with Gasteiger partial charge in [-0.2, -0.15) is 0 Å². The van der Waals surface area contributed by atoms with E-state index in [4.69, 9.17) is 10.2 Å². The van der Waals surface area contributed by atoms with Gasteiger partial charge in [0, 0.05) is 0 Å². The third-order valence-electron chi connectivity index (χ3n) is 2.59. The van der Waals surface area contributed by atoms with E-state index in [0.29, 0.717) is 16.7 Å². The van der Waals surface area contributed by atoms with E-state index in [2.05, 4.69) is 0 Å². The quantitative estimate of drug-likeness (QED) is 0.875. The highest BCUT2D eigenvalue weighted by Gasteiger charge is 2.08. The van der Waals surface area contributed by atoms with Gasteiger partial charge in [-0.3, -0.25) is 0 Å². The molecule has 4 heteroatoms. The van der Waals surface area contributed by atoms with Crippen LogP contribution in [0.1, 0.15) is 15.9 Å². The number of carboxylic acids is 1. The smallest absolute Gasteiger partial charge is 0.335 e. The van der Waals surface area contributed by atoms with Gasteiger partial charge in [0.05, 0.1) is 12.2 Å². The Morgan fingerprint density at radius 3 is 2.56 bits per heavy atom. The van der Waals surface area contributed by atoms with Gasteiger partial charge in [-0.1, -0.05) is 18.2 Å². The lowest BCUT2D eigenvalue weighted by atomic mass is 10.0. The maximum atomic E-state index is 13.3. The minimum absolute atomic E-state index is 0.0978. The molecule has 0 atom stereocenters. The van der Waals surface area contributed by atoms with Crippen molar-refractivity contribution in [2.24, 2.45) is 0 Å². The van der Waals surface area contributed by atoms with Crippen molar-refractivity contribution in [3.05, 3.63) is 59.4 Å². The average molecular weight is 246 g/mol. The molecule has 2 aromatic carbocycles. The summed E-state index contributed by atoms with van der Waals surface area (Å²) >= 11 is 0. The Labute approximate surface area is 103 Å². The van der Waals surface area contributed by atoms with E-state index in [1.165, 1.54) is 12.1 Å². The lowest BCUT2D eigenvalue weighted by Gasteiger charge is -2.05. The van der Waals surface area contributed by atoms with Crippen molar-refractivity contribution >= 4 is 5.97 Å². The van der Waals surface area contributed by atoms with Crippen LogP contribution in [-0.2, 0) is 6.61 Å². The molecule has 0 bridgehead atoms. The molecule has 2 rings (SSSR count). The standard InChI is InChI=1S/C14H11FO3/c15-13-6-11(5-12(7-13)14(17)18)10-3-1-2-9(4-10)8-16/h1-7,16H,8H2,(H,17,18). The predicted octanol–water partition coefficient (Wildman–Crippen LogP) is 2.68. The normalized spacial score (nSPS) is 10.3. The van der Waals surface area contributed by atoms with E-state index >= 15 is 0 Å². The SMILES string of the molecule is O=C(O)c1cc(F)cc(-c2cccc(CO)c2)c1. The fourth-order valence-corrected chi connectivity index (χ4v) is 1.73. The first-order chi connectivity index (χ1) is 8.60. The number of hydrogen-bond donors (Lipinski definition) is 2. The largest absolute Gasteiger partial charge is 0.478 e. The second-order valence-corrected chi connectivity index (χ2v) is 3.89. The summed E-state index contributed by atoms with van der Waals surface area (Å²) in [6.45, 7) is -0.116. The van der Waals surface area contributed by atoms with Crippen LogP contribution in [-0.4, -0.2) is 16.2 Å². The number of hydrogen-bond acceptors (Lipinski definition) is 2. The fraction of sp³-hybridized carbons (Fsp3) is 0.0714. The Morgan fingerprint density at radius 2 is 1.89 bits per heavy atom. The number of aliphatic hydroxyl groups is 1. The molecular weight excluding hydrogens is 235 g/mol. The van der Waals surface area contributed by atoms with Gasteiger partial charge in [-0.05, 0) is 41.0 Å². The van der Waals surface area contributed by atoms with E-state index in [0.717, 1.165) is 6.07 Å². The van der Waals surface area contributed by atoms with Crippen molar-refractivity contribution in [3.8, 4) is 11.1 Å². The second kappa shape index (κ2) is 4.98. The predicted molar refractivity (Wildman–Crippen MR) is 64.7 cm³/mol. The third-order valence-corrected chi connectivity index (χ3v) is 2.59. The van der Waals surface area contributed by atoms with E-state index in [-0.39, 0.29) is 12.2 Å². The Kier molecular flexibility index (Phi) is 3.39. The van der Waals surface area contributed by atoms with Crippen LogP contribution in [0.5, 0.6) is 0 Å². The molecule has 2 N–H and O–H groups in total. The van der Waals surface area contributed by atoms with Gasteiger partial charge in [0.1, 0.15) is 5.82 Å². The topological polar surface area (TPSA) is 57.5 Å². The highest BCUT2D eigenvalue weighted by atomic mass is 19.1. The highest BCUT2D eigenvalue weighted by molar-refractivity contribution is 5.89. The van der Waals surface area contributed by atoms with Gasteiger partial charge < -0.3 is 10.2 Å². The zero-order chi connectivity index (χ0) is 13.1. The third kappa shape index (κ3) is 2.55. The Hall–Kier alpha value is -2.20. The molecule has 3 nitrogen and oxygen atoms in total. The molecule has 0 saturated heterocycles. The molecule has 0 saturated carbocycles. The molecule has 0 aliphatic carbocycles. The Morgan fingerprint density at radius 1 is 1.11 bits per heavy atom. The zero-order valence-corrected chi connectivity index (χ0v) is 9.43. The van der Waals surface area contributed by atoms with Crippen LogP contribution in [0.3, 0.4) is 0 Å². The van der Waals surface area contributed by atoms with E-state index in [1.807, 2.05) is 0 Å². The number of rotatable bonds is 3. The van der Waals surface area contributed by atoms with Crippen LogP contribution in [0, 0.1) is 5.82 Å². The molecule has 0 unspecified atom stereocenters.